The molecule has 0 saturated heterocycles. The number of nitrogens with one attached hydrogen (secondary N) is 1. The molecular weight excluding hydrogens is 302 g/mol. The fourth-order valence-corrected chi connectivity index (χ4v) is 3.04. The van der Waals surface area contributed by atoms with E-state index in [1.807, 2.05) is 36.4 Å². The molecule has 0 unspecified atom stereocenters. The summed E-state index contributed by atoms with van der Waals surface area (Å²) in [5, 5.41) is 2.91. The number of para-hydroxylation sites is 2. The molecule has 0 fully saturated rings. The highest BCUT2D eigenvalue weighted by Gasteiger charge is 2.12. The van der Waals surface area contributed by atoms with Gasteiger partial charge in [0.05, 0.1) is 13.7 Å². The predicted molar refractivity (Wildman–Crippen MR) is 93.9 cm³/mol. The molecule has 4 heteroatoms. The third-order valence-corrected chi connectivity index (χ3v) is 4.32. The lowest BCUT2D eigenvalue weighted by Crippen LogP contribution is -2.28. The van der Waals surface area contributed by atoms with E-state index in [0.29, 0.717) is 24.7 Å². The van der Waals surface area contributed by atoms with Crippen LogP contribution in [0, 0.1) is 0 Å². The van der Waals surface area contributed by atoms with E-state index in [1.54, 1.807) is 7.11 Å². The maximum atomic E-state index is 12.3. The Morgan fingerprint density at radius 1 is 1.04 bits per heavy atom. The van der Waals surface area contributed by atoms with Crippen molar-refractivity contribution in [1.29, 1.82) is 0 Å². The largest absolute Gasteiger partial charge is 0.493 e. The van der Waals surface area contributed by atoms with Gasteiger partial charge >= 0.3 is 0 Å². The van der Waals surface area contributed by atoms with E-state index in [0.717, 1.165) is 18.4 Å². The predicted octanol–water partition coefficient (Wildman–Crippen LogP) is 3.38. The number of ether oxygens (including phenoxy) is 2. The van der Waals surface area contributed by atoms with Crippen LogP contribution in [0.1, 0.15) is 34.3 Å². The molecule has 1 N–H and O–H groups in total. The summed E-state index contributed by atoms with van der Waals surface area (Å²) in [6.07, 6.45) is 4.67. The second kappa shape index (κ2) is 7.86. The molecule has 0 atom stereocenters. The van der Waals surface area contributed by atoms with Gasteiger partial charge in [-0.3, -0.25) is 4.79 Å². The smallest absolute Gasteiger partial charge is 0.251 e. The SMILES string of the molecule is COc1ccccc1OCCNC(=O)c1ccc2c(c1)CCCC2. The van der Waals surface area contributed by atoms with Gasteiger partial charge in [0, 0.05) is 5.56 Å². The summed E-state index contributed by atoms with van der Waals surface area (Å²) in [5.41, 5.74) is 3.43. The van der Waals surface area contributed by atoms with Crippen molar-refractivity contribution in [2.45, 2.75) is 25.7 Å². The van der Waals surface area contributed by atoms with E-state index in [1.165, 1.54) is 24.0 Å². The minimum atomic E-state index is -0.0491. The highest BCUT2D eigenvalue weighted by Crippen LogP contribution is 2.25. The topological polar surface area (TPSA) is 47.6 Å². The normalized spacial score (nSPS) is 13.0. The van der Waals surface area contributed by atoms with Crippen molar-refractivity contribution in [3.63, 3.8) is 0 Å². The van der Waals surface area contributed by atoms with Gasteiger partial charge < -0.3 is 14.8 Å². The maximum absolute atomic E-state index is 12.3. The number of carbonyl (C=O) groups excluding carboxylic acids is 1. The Hall–Kier alpha value is -2.49. The van der Waals surface area contributed by atoms with Crippen molar-refractivity contribution in [3.05, 3.63) is 59.2 Å². The van der Waals surface area contributed by atoms with Gasteiger partial charge in [-0.1, -0.05) is 18.2 Å². The van der Waals surface area contributed by atoms with Crippen LogP contribution in [0.4, 0.5) is 0 Å². The molecule has 0 bridgehead atoms. The average molecular weight is 325 g/mol. The molecule has 126 valence electrons. The fourth-order valence-electron chi connectivity index (χ4n) is 3.04. The molecule has 1 aliphatic carbocycles. The number of hydrogen-bond donors (Lipinski definition) is 1. The molecule has 0 heterocycles. The number of benzene rings is 2. The van der Waals surface area contributed by atoms with Crippen LogP contribution in [0.15, 0.2) is 42.5 Å². The van der Waals surface area contributed by atoms with Gasteiger partial charge in [-0.25, -0.2) is 0 Å². The van der Waals surface area contributed by atoms with Crippen LogP contribution in [-0.2, 0) is 12.8 Å². The number of rotatable bonds is 6. The fraction of sp³-hybridized carbons (Fsp3) is 0.350. The van der Waals surface area contributed by atoms with Crippen LogP contribution in [0.25, 0.3) is 0 Å². The molecule has 2 aromatic carbocycles. The van der Waals surface area contributed by atoms with Crippen LogP contribution in [0.3, 0.4) is 0 Å². The van der Waals surface area contributed by atoms with Crippen LogP contribution in [-0.4, -0.2) is 26.2 Å². The first-order valence-corrected chi connectivity index (χ1v) is 8.44. The molecule has 0 saturated carbocycles. The molecule has 1 amide bonds. The molecule has 3 rings (SSSR count). The van der Waals surface area contributed by atoms with Gasteiger partial charge in [-0.15, -0.1) is 0 Å². The van der Waals surface area contributed by atoms with Gasteiger partial charge in [0.15, 0.2) is 11.5 Å². The van der Waals surface area contributed by atoms with Crippen molar-refractivity contribution in [1.82, 2.24) is 5.32 Å². The van der Waals surface area contributed by atoms with E-state index in [4.69, 9.17) is 9.47 Å². The molecule has 4 nitrogen and oxygen atoms in total. The second-order valence-electron chi connectivity index (χ2n) is 5.95. The van der Waals surface area contributed by atoms with Crippen LogP contribution in [0.2, 0.25) is 0 Å². The second-order valence-corrected chi connectivity index (χ2v) is 5.95. The summed E-state index contributed by atoms with van der Waals surface area (Å²) in [6, 6.07) is 13.5. The Bertz CT molecular complexity index is 712. The summed E-state index contributed by atoms with van der Waals surface area (Å²) < 4.78 is 10.9. The molecule has 2 aromatic rings. The maximum Gasteiger partial charge on any atom is 0.251 e. The first kappa shape index (κ1) is 16.4. The lowest BCUT2D eigenvalue weighted by molar-refractivity contribution is 0.0946. The molecule has 0 spiro atoms. The number of amides is 1. The molecule has 1 aliphatic rings. The van der Waals surface area contributed by atoms with Gasteiger partial charge in [0.2, 0.25) is 0 Å². The van der Waals surface area contributed by atoms with Crippen LogP contribution in [0.5, 0.6) is 11.5 Å². The summed E-state index contributed by atoms with van der Waals surface area (Å²) in [5.74, 6) is 1.33. The van der Waals surface area contributed by atoms with Crippen molar-refractivity contribution in [2.24, 2.45) is 0 Å². The van der Waals surface area contributed by atoms with Gasteiger partial charge in [-0.05, 0) is 61.1 Å². The number of carbonyl (C=O) groups is 1. The van der Waals surface area contributed by atoms with Crippen LogP contribution < -0.4 is 14.8 Å². The monoisotopic (exact) mass is 325 g/mol. The van der Waals surface area contributed by atoms with Gasteiger partial charge in [0.25, 0.3) is 5.91 Å². The Balaban J connectivity index is 1.51. The van der Waals surface area contributed by atoms with Gasteiger partial charge in [-0.2, -0.15) is 0 Å². The van der Waals surface area contributed by atoms with E-state index >= 15 is 0 Å². The molecule has 0 radical (unpaired) electrons. The number of hydrogen-bond acceptors (Lipinski definition) is 3. The average Bonchev–Trinajstić information content (AvgIpc) is 2.65. The summed E-state index contributed by atoms with van der Waals surface area (Å²) in [7, 11) is 1.61. The summed E-state index contributed by atoms with van der Waals surface area (Å²) >= 11 is 0. The third-order valence-electron chi connectivity index (χ3n) is 4.32. The Morgan fingerprint density at radius 3 is 2.58 bits per heavy atom. The number of aryl methyl sites for hydroxylation is 2. The van der Waals surface area contributed by atoms with E-state index < -0.39 is 0 Å². The van der Waals surface area contributed by atoms with E-state index in [2.05, 4.69) is 11.4 Å². The van der Waals surface area contributed by atoms with Crippen molar-refractivity contribution in [2.75, 3.05) is 20.3 Å². The molecule has 0 aliphatic heterocycles. The summed E-state index contributed by atoms with van der Waals surface area (Å²) in [6.45, 7) is 0.852. The minimum absolute atomic E-state index is 0.0491. The zero-order valence-corrected chi connectivity index (χ0v) is 14.0. The standard InChI is InChI=1S/C20H23NO3/c1-23-18-8-4-5-9-19(18)24-13-12-21-20(22)17-11-10-15-6-2-3-7-16(15)14-17/h4-5,8-11,14H,2-3,6-7,12-13H2,1H3,(H,21,22). The van der Waals surface area contributed by atoms with Crippen molar-refractivity contribution in [3.8, 4) is 11.5 Å². The highest BCUT2D eigenvalue weighted by molar-refractivity contribution is 5.94. The quantitative estimate of drug-likeness (QED) is 0.828. The van der Waals surface area contributed by atoms with Crippen LogP contribution >= 0.6 is 0 Å². The lowest BCUT2D eigenvalue weighted by atomic mass is 9.90. The van der Waals surface area contributed by atoms with Crippen molar-refractivity contribution < 1.29 is 14.3 Å². The number of methoxy groups -OCH3 is 1. The zero-order chi connectivity index (χ0) is 16.8. The number of fused-ring (bicyclic) bond motifs is 1. The third kappa shape index (κ3) is 3.88. The minimum Gasteiger partial charge on any atom is -0.493 e. The highest BCUT2D eigenvalue weighted by atomic mass is 16.5. The Morgan fingerprint density at radius 2 is 1.79 bits per heavy atom. The zero-order valence-electron chi connectivity index (χ0n) is 14.0. The van der Waals surface area contributed by atoms with E-state index in [-0.39, 0.29) is 5.91 Å². The van der Waals surface area contributed by atoms with Crippen molar-refractivity contribution >= 4 is 5.91 Å². The van der Waals surface area contributed by atoms with E-state index in [9.17, 15) is 4.79 Å². The van der Waals surface area contributed by atoms with Gasteiger partial charge in [0.1, 0.15) is 6.61 Å². The first-order chi connectivity index (χ1) is 11.8. The molecular formula is C20H23NO3. The Kier molecular flexibility index (Phi) is 5.36. The first-order valence-electron chi connectivity index (χ1n) is 8.44. The summed E-state index contributed by atoms with van der Waals surface area (Å²) in [4.78, 5) is 12.3. The molecule has 0 aromatic heterocycles. The Labute approximate surface area is 142 Å². The lowest BCUT2D eigenvalue weighted by Gasteiger charge is -2.16. The molecule has 24 heavy (non-hydrogen) atoms.